The summed E-state index contributed by atoms with van der Waals surface area (Å²) in [7, 11) is 6.84. The topological polar surface area (TPSA) is 98.2 Å². The molecule has 0 saturated carbocycles. The van der Waals surface area contributed by atoms with Gasteiger partial charge in [0.1, 0.15) is 22.1 Å². The Bertz CT molecular complexity index is 1180. The highest BCUT2D eigenvalue weighted by molar-refractivity contribution is 8.00. The average Bonchev–Trinajstić information content (AvgIpc) is 3.43. The van der Waals surface area contributed by atoms with Crippen LogP contribution in [0.1, 0.15) is 11.1 Å². The molecule has 9 nitrogen and oxygen atoms in total. The van der Waals surface area contributed by atoms with Crippen LogP contribution < -0.4 is 24.2 Å². The highest BCUT2D eigenvalue weighted by Crippen LogP contribution is 2.40. The predicted molar refractivity (Wildman–Crippen MR) is 126 cm³/mol. The first-order chi connectivity index (χ1) is 15.7. The summed E-state index contributed by atoms with van der Waals surface area (Å²) in [6.07, 6.45) is 3.90. The lowest BCUT2D eigenvalue weighted by Gasteiger charge is -2.13. The van der Waals surface area contributed by atoms with Crippen molar-refractivity contribution >= 4 is 28.7 Å². The van der Waals surface area contributed by atoms with Crippen molar-refractivity contribution in [1.29, 1.82) is 0 Å². The fourth-order valence-electron chi connectivity index (χ4n) is 3.50. The van der Waals surface area contributed by atoms with E-state index in [0.717, 1.165) is 39.2 Å². The van der Waals surface area contributed by atoms with Gasteiger partial charge < -0.3 is 24.2 Å². The first kappa shape index (κ1) is 21.8. The number of anilines is 1. The Labute approximate surface area is 190 Å². The molecule has 2 aromatic heterocycles. The summed E-state index contributed by atoms with van der Waals surface area (Å²) in [4.78, 5) is 0.834. The van der Waals surface area contributed by atoms with E-state index in [-0.39, 0.29) is 0 Å². The third-order valence-corrected chi connectivity index (χ3v) is 5.85. The Morgan fingerprint density at radius 1 is 1.03 bits per heavy atom. The summed E-state index contributed by atoms with van der Waals surface area (Å²) >= 11 is 1.37. The first-order valence-electron chi connectivity index (χ1n) is 10.0. The molecule has 4 rings (SSSR count). The minimum atomic E-state index is 0.630. The molecule has 0 radical (unpaired) electrons. The summed E-state index contributed by atoms with van der Waals surface area (Å²) in [6, 6.07) is 9.73. The fourth-order valence-corrected chi connectivity index (χ4v) is 4.35. The predicted octanol–water partition coefficient (Wildman–Crippen LogP) is 3.67. The second kappa shape index (κ2) is 9.84. The van der Waals surface area contributed by atoms with Gasteiger partial charge in [-0.3, -0.25) is 9.78 Å². The highest BCUT2D eigenvalue weighted by atomic mass is 32.2. The number of hydrogen-bond donors (Lipinski definition) is 3. The van der Waals surface area contributed by atoms with Gasteiger partial charge in [0.15, 0.2) is 5.82 Å². The SMILES string of the molecule is CNCc1cnn(Cc2cc(OC)c3c(NSc4c(OC)cccc4OC)n[nH]c3c2)c1. The zero-order chi connectivity index (χ0) is 22.5. The number of ether oxygens (including phenoxy) is 3. The Balaban J connectivity index is 1.59. The number of methoxy groups -OCH3 is 3. The molecule has 3 N–H and O–H groups in total. The van der Waals surface area contributed by atoms with E-state index < -0.39 is 0 Å². The van der Waals surface area contributed by atoms with Crippen LogP contribution in [0.4, 0.5) is 5.82 Å². The molecule has 0 bridgehead atoms. The largest absolute Gasteiger partial charge is 0.496 e. The van der Waals surface area contributed by atoms with Gasteiger partial charge in [-0.05, 0) is 48.8 Å². The van der Waals surface area contributed by atoms with Crippen LogP contribution in [0.5, 0.6) is 17.2 Å². The van der Waals surface area contributed by atoms with Crippen molar-refractivity contribution in [3.63, 3.8) is 0 Å². The molecule has 0 amide bonds. The van der Waals surface area contributed by atoms with E-state index in [1.807, 2.05) is 48.4 Å². The lowest BCUT2D eigenvalue weighted by atomic mass is 10.1. The van der Waals surface area contributed by atoms with Gasteiger partial charge in [-0.25, -0.2) is 0 Å². The second-order valence-electron chi connectivity index (χ2n) is 7.07. The van der Waals surface area contributed by atoms with Crippen LogP contribution in [-0.2, 0) is 13.1 Å². The molecule has 0 aliphatic heterocycles. The minimum Gasteiger partial charge on any atom is -0.496 e. The van der Waals surface area contributed by atoms with Crippen LogP contribution in [0.15, 0.2) is 47.6 Å². The van der Waals surface area contributed by atoms with Crippen molar-refractivity contribution in [3.05, 3.63) is 53.9 Å². The molecule has 0 spiro atoms. The Kier molecular flexibility index (Phi) is 6.72. The van der Waals surface area contributed by atoms with E-state index in [1.165, 1.54) is 11.9 Å². The van der Waals surface area contributed by atoms with E-state index in [2.05, 4.69) is 31.4 Å². The third kappa shape index (κ3) is 4.46. The molecule has 0 saturated heterocycles. The fraction of sp³-hybridized carbons (Fsp3) is 0.273. The van der Waals surface area contributed by atoms with Crippen molar-refractivity contribution in [3.8, 4) is 17.2 Å². The van der Waals surface area contributed by atoms with E-state index in [1.54, 1.807) is 21.3 Å². The summed E-state index contributed by atoms with van der Waals surface area (Å²) in [5.74, 6) is 2.82. The van der Waals surface area contributed by atoms with Gasteiger partial charge in [0.2, 0.25) is 0 Å². The molecule has 168 valence electrons. The molecule has 10 heteroatoms. The lowest BCUT2D eigenvalue weighted by molar-refractivity contribution is 0.376. The Morgan fingerprint density at radius 3 is 2.47 bits per heavy atom. The summed E-state index contributed by atoms with van der Waals surface area (Å²) in [6.45, 7) is 1.41. The quantitative estimate of drug-likeness (QED) is 0.312. The van der Waals surface area contributed by atoms with Gasteiger partial charge >= 0.3 is 0 Å². The Hall–Kier alpha value is -3.37. The zero-order valence-corrected chi connectivity index (χ0v) is 19.2. The number of nitrogens with one attached hydrogen (secondary N) is 3. The van der Waals surface area contributed by atoms with Crippen LogP contribution in [0, 0.1) is 0 Å². The monoisotopic (exact) mass is 454 g/mol. The number of aromatic nitrogens is 4. The number of benzene rings is 2. The number of hydrogen-bond acceptors (Lipinski definition) is 8. The lowest BCUT2D eigenvalue weighted by Crippen LogP contribution is -2.04. The molecule has 2 aromatic carbocycles. The molecule has 0 fully saturated rings. The maximum atomic E-state index is 5.69. The highest BCUT2D eigenvalue weighted by Gasteiger charge is 2.16. The van der Waals surface area contributed by atoms with Crippen LogP contribution in [0.25, 0.3) is 10.9 Å². The average molecular weight is 455 g/mol. The molecule has 2 heterocycles. The van der Waals surface area contributed by atoms with Crippen LogP contribution >= 0.6 is 11.9 Å². The normalized spacial score (nSPS) is 11.0. The maximum Gasteiger partial charge on any atom is 0.169 e. The van der Waals surface area contributed by atoms with Crippen molar-refractivity contribution in [2.24, 2.45) is 0 Å². The van der Waals surface area contributed by atoms with Gasteiger partial charge in [-0.2, -0.15) is 10.2 Å². The van der Waals surface area contributed by atoms with E-state index in [0.29, 0.717) is 23.9 Å². The van der Waals surface area contributed by atoms with Crippen molar-refractivity contribution in [1.82, 2.24) is 25.3 Å². The Morgan fingerprint density at radius 2 is 1.78 bits per heavy atom. The standard InChI is InChI=1S/C22H26N6O3S/c1-23-10-15-11-24-28(13-15)12-14-8-16-20(19(9-14)31-4)22(26-25-16)27-32-21-17(29-2)6-5-7-18(21)30-3/h5-9,11,13,23H,10,12H2,1-4H3,(H2,25,26,27). The number of nitrogens with zero attached hydrogens (tertiary/aromatic N) is 3. The van der Waals surface area contributed by atoms with Crippen LogP contribution in [0.3, 0.4) is 0 Å². The van der Waals surface area contributed by atoms with Crippen molar-refractivity contribution in [2.45, 2.75) is 18.0 Å². The molecule has 0 aliphatic carbocycles. The summed E-state index contributed by atoms with van der Waals surface area (Å²) < 4.78 is 21.9. The molecule has 0 aliphatic rings. The molecule has 32 heavy (non-hydrogen) atoms. The summed E-state index contributed by atoms with van der Waals surface area (Å²) in [5.41, 5.74) is 3.07. The van der Waals surface area contributed by atoms with Gasteiger partial charge in [0, 0.05) is 18.3 Å². The van der Waals surface area contributed by atoms with Gasteiger partial charge in [-0.15, -0.1) is 0 Å². The van der Waals surface area contributed by atoms with Gasteiger partial charge in [-0.1, -0.05) is 6.07 Å². The number of fused-ring (bicyclic) bond motifs is 1. The van der Waals surface area contributed by atoms with Crippen LogP contribution in [0.2, 0.25) is 0 Å². The smallest absolute Gasteiger partial charge is 0.169 e. The number of H-pyrrole nitrogens is 1. The van der Waals surface area contributed by atoms with Crippen molar-refractivity contribution in [2.75, 3.05) is 33.1 Å². The van der Waals surface area contributed by atoms with Crippen LogP contribution in [-0.4, -0.2) is 48.4 Å². The summed E-state index contributed by atoms with van der Waals surface area (Å²) in [5, 5.41) is 16.0. The third-order valence-electron chi connectivity index (χ3n) is 4.95. The van der Waals surface area contributed by atoms with Crippen molar-refractivity contribution < 1.29 is 14.2 Å². The molecule has 0 atom stereocenters. The number of rotatable bonds is 10. The van der Waals surface area contributed by atoms with E-state index in [9.17, 15) is 0 Å². The number of aromatic amines is 1. The molecular formula is C22H26N6O3S. The molecule has 4 aromatic rings. The van der Waals surface area contributed by atoms with Gasteiger partial charge in [0.25, 0.3) is 0 Å². The minimum absolute atomic E-state index is 0.630. The van der Waals surface area contributed by atoms with E-state index in [4.69, 9.17) is 14.2 Å². The zero-order valence-electron chi connectivity index (χ0n) is 18.4. The maximum absolute atomic E-state index is 5.69. The first-order valence-corrected chi connectivity index (χ1v) is 10.8. The molecule has 0 unspecified atom stereocenters. The van der Waals surface area contributed by atoms with E-state index >= 15 is 0 Å². The second-order valence-corrected chi connectivity index (χ2v) is 7.88. The molecular weight excluding hydrogens is 428 g/mol. The van der Waals surface area contributed by atoms with Gasteiger partial charge in [0.05, 0.1) is 45.0 Å².